The van der Waals surface area contributed by atoms with E-state index in [0.29, 0.717) is 17.0 Å². The quantitative estimate of drug-likeness (QED) is 0.164. The van der Waals surface area contributed by atoms with E-state index in [1.807, 2.05) is 0 Å². The second kappa shape index (κ2) is 11.0. The summed E-state index contributed by atoms with van der Waals surface area (Å²) in [5, 5.41) is 0. The SMILES string of the molecule is NC(=O)c1ccc(C(=O)N(c2ccc(-c3ccc(N)cc3C(F)(F)F)cc2C(N)=O)c2ccc(N)cc2C(F)(F)F)cc1. The molecule has 4 rings (SSSR count). The second-order valence-corrected chi connectivity index (χ2v) is 9.26. The van der Waals surface area contributed by atoms with Crippen LogP contribution in [-0.2, 0) is 12.4 Å². The van der Waals surface area contributed by atoms with Crippen LogP contribution < -0.4 is 27.8 Å². The molecule has 0 aliphatic carbocycles. The molecule has 43 heavy (non-hydrogen) atoms. The van der Waals surface area contributed by atoms with Crippen LogP contribution in [0, 0.1) is 0 Å². The average Bonchev–Trinajstić information content (AvgIpc) is 2.93. The van der Waals surface area contributed by atoms with Crippen molar-refractivity contribution in [3.63, 3.8) is 0 Å². The maximum atomic E-state index is 14.2. The van der Waals surface area contributed by atoms with Crippen LogP contribution in [0.25, 0.3) is 11.1 Å². The molecule has 0 heterocycles. The Kier molecular flexibility index (Phi) is 7.81. The van der Waals surface area contributed by atoms with Gasteiger partial charge >= 0.3 is 12.4 Å². The van der Waals surface area contributed by atoms with Crippen molar-refractivity contribution < 1.29 is 40.7 Å². The van der Waals surface area contributed by atoms with Gasteiger partial charge in [0.2, 0.25) is 5.91 Å². The van der Waals surface area contributed by atoms with Crippen LogP contribution >= 0.6 is 0 Å². The number of carbonyl (C=O) groups is 3. The third-order valence-corrected chi connectivity index (χ3v) is 6.35. The molecule has 4 aromatic rings. The highest BCUT2D eigenvalue weighted by molar-refractivity contribution is 6.15. The van der Waals surface area contributed by atoms with Crippen molar-refractivity contribution in [2.75, 3.05) is 16.4 Å². The van der Waals surface area contributed by atoms with E-state index in [2.05, 4.69) is 0 Å². The normalized spacial score (nSPS) is 11.7. The first-order valence-electron chi connectivity index (χ1n) is 12.1. The van der Waals surface area contributed by atoms with E-state index in [1.54, 1.807) is 0 Å². The molecule has 0 saturated carbocycles. The second-order valence-electron chi connectivity index (χ2n) is 9.26. The largest absolute Gasteiger partial charge is 0.418 e. The summed E-state index contributed by atoms with van der Waals surface area (Å²) in [6.07, 6.45) is -9.90. The van der Waals surface area contributed by atoms with Gasteiger partial charge in [0, 0.05) is 22.5 Å². The molecule has 3 amide bonds. The van der Waals surface area contributed by atoms with Crippen molar-refractivity contribution in [3.8, 4) is 11.1 Å². The summed E-state index contributed by atoms with van der Waals surface area (Å²) in [6.45, 7) is 0. The standard InChI is InChI=1S/C29H21F6N5O3/c30-28(31,32)21-12-17(36)6-8-19(21)16-5-9-23(20(11-16)26(39)42)40(24-10-7-18(37)13-22(24)29(33,34)35)27(43)15-3-1-14(2-4-15)25(38)41/h1-13H,36-37H2,(H2,38,41)(H2,39,42). The number of primary amides is 2. The molecular formula is C29H21F6N5O3. The average molecular weight is 602 g/mol. The first kappa shape index (κ1) is 30.4. The minimum Gasteiger partial charge on any atom is -0.399 e. The lowest BCUT2D eigenvalue weighted by molar-refractivity contribution is -0.137. The van der Waals surface area contributed by atoms with E-state index in [-0.39, 0.29) is 28.1 Å². The van der Waals surface area contributed by atoms with Gasteiger partial charge in [-0.15, -0.1) is 0 Å². The number of benzene rings is 4. The van der Waals surface area contributed by atoms with Crippen molar-refractivity contribution in [3.05, 3.63) is 107 Å². The molecule has 8 N–H and O–H groups in total. The molecule has 222 valence electrons. The number of rotatable bonds is 6. The fraction of sp³-hybridized carbons (Fsp3) is 0.0690. The lowest BCUT2D eigenvalue weighted by atomic mass is 9.95. The molecule has 0 unspecified atom stereocenters. The van der Waals surface area contributed by atoms with Crippen molar-refractivity contribution >= 4 is 40.5 Å². The summed E-state index contributed by atoms with van der Waals surface area (Å²) in [5.74, 6) is -3.20. The lowest BCUT2D eigenvalue weighted by Crippen LogP contribution is -2.31. The Morgan fingerprint density at radius 1 is 0.581 bits per heavy atom. The Morgan fingerprint density at radius 3 is 1.63 bits per heavy atom. The van der Waals surface area contributed by atoms with Crippen LogP contribution in [0.1, 0.15) is 42.2 Å². The van der Waals surface area contributed by atoms with Gasteiger partial charge in [0.1, 0.15) is 0 Å². The van der Waals surface area contributed by atoms with E-state index >= 15 is 0 Å². The van der Waals surface area contributed by atoms with Crippen molar-refractivity contribution in [1.29, 1.82) is 0 Å². The van der Waals surface area contributed by atoms with Gasteiger partial charge in [-0.05, 0) is 77.9 Å². The third-order valence-electron chi connectivity index (χ3n) is 6.35. The summed E-state index contributed by atoms with van der Waals surface area (Å²) in [5.41, 5.74) is 16.3. The third kappa shape index (κ3) is 6.22. The van der Waals surface area contributed by atoms with Gasteiger partial charge in [-0.25, -0.2) is 0 Å². The van der Waals surface area contributed by atoms with Crippen LogP contribution in [0.15, 0.2) is 78.9 Å². The Bertz CT molecular complexity index is 1750. The summed E-state index contributed by atoms with van der Waals surface area (Å²) >= 11 is 0. The van der Waals surface area contributed by atoms with Gasteiger partial charge < -0.3 is 22.9 Å². The highest BCUT2D eigenvalue weighted by Crippen LogP contribution is 2.44. The van der Waals surface area contributed by atoms with Gasteiger partial charge in [0.15, 0.2) is 0 Å². The molecule has 0 aliphatic heterocycles. The first-order valence-corrected chi connectivity index (χ1v) is 12.1. The molecule has 8 nitrogen and oxygen atoms in total. The molecule has 4 aromatic carbocycles. The maximum Gasteiger partial charge on any atom is 0.418 e. The Balaban J connectivity index is 2.01. The number of nitrogen functional groups attached to an aromatic ring is 2. The van der Waals surface area contributed by atoms with Crippen molar-refractivity contribution in [1.82, 2.24) is 0 Å². The zero-order valence-electron chi connectivity index (χ0n) is 21.8. The molecule has 0 aliphatic rings. The van der Waals surface area contributed by atoms with Gasteiger partial charge in [0.25, 0.3) is 11.8 Å². The van der Waals surface area contributed by atoms with Crippen LogP contribution in [0.5, 0.6) is 0 Å². The van der Waals surface area contributed by atoms with E-state index in [0.717, 1.165) is 48.5 Å². The number of anilines is 4. The van der Waals surface area contributed by atoms with Crippen LogP contribution in [0.4, 0.5) is 49.1 Å². The minimum atomic E-state index is -5.04. The highest BCUT2D eigenvalue weighted by Gasteiger charge is 2.38. The zero-order chi connectivity index (χ0) is 31.9. The predicted molar refractivity (Wildman–Crippen MR) is 147 cm³/mol. The molecule has 0 spiro atoms. The molecular weight excluding hydrogens is 580 g/mol. The summed E-state index contributed by atoms with van der Waals surface area (Å²) < 4.78 is 84.0. The molecule has 0 saturated heterocycles. The smallest absolute Gasteiger partial charge is 0.399 e. The van der Waals surface area contributed by atoms with Crippen LogP contribution in [-0.4, -0.2) is 17.7 Å². The number of hydrogen-bond acceptors (Lipinski definition) is 5. The predicted octanol–water partition coefficient (Wildman–Crippen LogP) is 5.73. The number of alkyl halides is 6. The van der Waals surface area contributed by atoms with Gasteiger partial charge in [-0.2, -0.15) is 26.3 Å². The molecule has 0 radical (unpaired) electrons. The number of nitrogens with two attached hydrogens (primary N) is 4. The number of amides is 3. The van der Waals surface area contributed by atoms with E-state index in [1.165, 1.54) is 18.2 Å². The minimum absolute atomic E-state index is 0.00212. The Morgan fingerprint density at radius 2 is 1.09 bits per heavy atom. The lowest BCUT2D eigenvalue weighted by Gasteiger charge is -2.28. The van der Waals surface area contributed by atoms with Gasteiger partial charge in [0.05, 0.1) is 28.1 Å². The molecule has 0 aromatic heterocycles. The zero-order valence-corrected chi connectivity index (χ0v) is 21.8. The van der Waals surface area contributed by atoms with E-state index in [9.17, 15) is 40.7 Å². The first-order chi connectivity index (χ1) is 20.0. The van der Waals surface area contributed by atoms with Crippen LogP contribution in [0.2, 0.25) is 0 Å². The topological polar surface area (TPSA) is 159 Å². The maximum absolute atomic E-state index is 14.2. The fourth-order valence-corrected chi connectivity index (χ4v) is 4.37. The fourth-order valence-electron chi connectivity index (χ4n) is 4.37. The number of carbonyl (C=O) groups excluding carboxylic acids is 3. The summed E-state index contributed by atoms with van der Waals surface area (Å²) in [7, 11) is 0. The van der Waals surface area contributed by atoms with Crippen molar-refractivity contribution in [2.45, 2.75) is 12.4 Å². The Hall–Kier alpha value is -5.53. The molecule has 0 bridgehead atoms. The van der Waals surface area contributed by atoms with Crippen LogP contribution in [0.3, 0.4) is 0 Å². The van der Waals surface area contributed by atoms with Gasteiger partial charge in [-0.3, -0.25) is 19.3 Å². The summed E-state index contributed by atoms with van der Waals surface area (Å²) in [4.78, 5) is 38.5. The monoisotopic (exact) mass is 601 g/mol. The number of hydrogen-bond donors (Lipinski definition) is 4. The van der Waals surface area contributed by atoms with E-state index in [4.69, 9.17) is 22.9 Å². The summed E-state index contributed by atoms with van der Waals surface area (Å²) in [6, 6.07) is 13.1. The molecule has 0 atom stereocenters. The van der Waals surface area contributed by atoms with Gasteiger partial charge in [-0.1, -0.05) is 12.1 Å². The van der Waals surface area contributed by atoms with Crippen molar-refractivity contribution in [2.24, 2.45) is 11.5 Å². The van der Waals surface area contributed by atoms with E-state index < -0.39 is 63.7 Å². The number of halogens is 6. The molecule has 0 fully saturated rings. The number of nitrogens with zero attached hydrogens (tertiary/aromatic N) is 1. The highest BCUT2D eigenvalue weighted by atomic mass is 19.4. The molecule has 14 heteroatoms. The Labute approximate surface area is 239 Å².